The van der Waals surface area contributed by atoms with E-state index in [-0.39, 0.29) is 58.0 Å². The summed E-state index contributed by atoms with van der Waals surface area (Å²) in [5.74, 6) is -0.708. The standard InChI is InChI=1S/C7H9N3O2S.Sr.2H/c8-7(9)10-4-5(11)12-6-2-1-3-13-6;;;/h1-3H,4H2,(H4,8,9,10);;;. The van der Waals surface area contributed by atoms with Crippen LogP contribution in [0.2, 0.25) is 0 Å². The van der Waals surface area contributed by atoms with E-state index in [4.69, 9.17) is 15.9 Å². The van der Waals surface area contributed by atoms with Crippen molar-refractivity contribution in [2.45, 2.75) is 0 Å². The van der Waals surface area contributed by atoms with Crippen LogP contribution in [-0.2, 0) is 4.79 Å². The molecule has 0 aliphatic heterocycles. The topological polar surface area (TPSA) is 88.2 Å². The molecule has 1 rings (SSSR count). The molecule has 74 valence electrons. The van der Waals surface area contributed by atoms with Crippen LogP contribution in [0.4, 0.5) is 0 Å². The molecular formula is C7H11N3O2SSr. The summed E-state index contributed by atoms with van der Waals surface area (Å²) in [5.41, 5.74) is 4.98. The first-order valence-corrected chi connectivity index (χ1v) is 4.38. The Hall–Kier alpha value is -0.0795. The predicted molar refractivity (Wildman–Crippen MR) is 58.4 cm³/mol. The number of hydrogen-bond acceptors (Lipinski definition) is 4. The molecule has 5 nitrogen and oxygen atoms in total. The van der Waals surface area contributed by atoms with Crippen LogP contribution in [0.1, 0.15) is 0 Å². The maximum absolute atomic E-state index is 11.0. The summed E-state index contributed by atoms with van der Waals surface area (Å²) in [6.07, 6.45) is 0. The Morgan fingerprint density at radius 1 is 1.71 bits per heavy atom. The van der Waals surface area contributed by atoms with Gasteiger partial charge in [-0.15, -0.1) is 11.3 Å². The second-order valence-corrected chi connectivity index (χ2v) is 3.08. The van der Waals surface area contributed by atoms with Gasteiger partial charge in [0.05, 0.1) is 0 Å². The zero-order valence-corrected chi connectivity index (χ0v) is 7.56. The van der Waals surface area contributed by atoms with Gasteiger partial charge < -0.3 is 15.8 Å². The molecule has 0 radical (unpaired) electrons. The van der Waals surface area contributed by atoms with Crippen molar-refractivity contribution in [2.75, 3.05) is 6.54 Å². The van der Waals surface area contributed by atoms with E-state index in [1.807, 2.05) is 0 Å². The van der Waals surface area contributed by atoms with Crippen molar-refractivity contribution < 1.29 is 9.53 Å². The van der Waals surface area contributed by atoms with Gasteiger partial charge in [0.1, 0.15) is 6.54 Å². The molecule has 1 aromatic rings. The van der Waals surface area contributed by atoms with Gasteiger partial charge in [0, 0.05) is 0 Å². The van der Waals surface area contributed by atoms with Gasteiger partial charge >= 0.3 is 51.5 Å². The minimum absolute atomic E-state index is 0. The van der Waals surface area contributed by atoms with Crippen LogP contribution in [0.3, 0.4) is 0 Å². The van der Waals surface area contributed by atoms with Gasteiger partial charge in [0.25, 0.3) is 0 Å². The van der Waals surface area contributed by atoms with E-state index < -0.39 is 5.97 Å². The summed E-state index contributed by atoms with van der Waals surface area (Å²) in [6, 6.07) is 3.47. The molecule has 0 aliphatic rings. The van der Waals surface area contributed by atoms with Crippen LogP contribution < -0.4 is 15.8 Å². The number of nitrogens with two attached hydrogens (primary N) is 1. The molecule has 0 spiro atoms. The van der Waals surface area contributed by atoms with Crippen molar-refractivity contribution >= 4 is 68.7 Å². The first-order chi connectivity index (χ1) is 6.18. The quantitative estimate of drug-likeness (QED) is 0.295. The van der Waals surface area contributed by atoms with Crippen LogP contribution in [-0.4, -0.2) is 64.0 Å². The summed E-state index contributed by atoms with van der Waals surface area (Å²) < 4.78 is 4.87. The number of ether oxygens (including phenoxy) is 1. The number of rotatable bonds is 3. The minimum atomic E-state index is -0.461. The predicted octanol–water partition coefficient (Wildman–Crippen LogP) is -0.780. The molecule has 0 atom stereocenters. The van der Waals surface area contributed by atoms with Gasteiger partial charge in [-0.1, -0.05) is 0 Å². The summed E-state index contributed by atoms with van der Waals surface area (Å²) in [6.45, 7) is -0.0900. The molecule has 0 unspecified atom stereocenters. The van der Waals surface area contributed by atoms with Crippen molar-refractivity contribution in [3.63, 3.8) is 0 Å². The number of nitrogens with one attached hydrogen (secondary N) is 2. The first-order valence-electron chi connectivity index (χ1n) is 3.50. The van der Waals surface area contributed by atoms with Crippen molar-refractivity contribution in [1.29, 1.82) is 5.41 Å². The first kappa shape index (κ1) is 13.9. The zero-order chi connectivity index (χ0) is 9.68. The molecular weight excluding hydrogens is 278 g/mol. The zero-order valence-electron chi connectivity index (χ0n) is 6.74. The number of esters is 1. The van der Waals surface area contributed by atoms with Crippen LogP contribution in [0.25, 0.3) is 0 Å². The number of carbonyl (C=O) groups excluding carboxylic acids is 1. The number of guanidine groups is 1. The maximum atomic E-state index is 11.0. The molecule has 4 N–H and O–H groups in total. The van der Waals surface area contributed by atoms with Crippen LogP contribution in [0.5, 0.6) is 5.06 Å². The Balaban J connectivity index is 0.00000169. The Bertz CT molecular complexity index is 302. The fraction of sp³-hybridized carbons (Fsp3) is 0.143. The molecule has 0 fully saturated rings. The average molecular weight is 289 g/mol. The van der Waals surface area contributed by atoms with Crippen LogP contribution >= 0.6 is 11.3 Å². The second kappa shape index (κ2) is 7.24. The van der Waals surface area contributed by atoms with Crippen molar-refractivity contribution in [3.05, 3.63) is 17.5 Å². The monoisotopic (exact) mass is 289 g/mol. The molecule has 0 saturated heterocycles. The third kappa shape index (κ3) is 5.61. The summed E-state index contributed by atoms with van der Waals surface area (Å²) >= 11 is 1.33. The third-order valence-electron chi connectivity index (χ3n) is 1.13. The Morgan fingerprint density at radius 2 is 2.43 bits per heavy atom. The van der Waals surface area contributed by atoms with E-state index >= 15 is 0 Å². The molecule has 0 aliphatic carbocycles. The Morgan fingerprint density at radius 3 is 2.93 bits per heavy atom. The van der Waals surface area contributed by atoms with Crippen molar-refractivity contribution in [3.8, 4) is 5.06 Å². The number of carbonyl (C=O) groups is 1. The van der Waals surface area contributed by atoms with E-state index in [2.05, 4.69) is 5.32 Å². The third-order valence-corrected chi connectivity index (χ3v) is 1.88. The molecule has 0 saturated carbocycles. The Labute approximate surface area is 122 Å². The van der Waals surface area contributed by atoms with Gasteiger partial charge in [-0.25, -0.2) is 4.79 Å². The van der Waals surface area contributed by atoms with Gasteiger partial charge in [-0.2, -0.15) is 0 Å². The Kier molecular flexibility index (Phi) is 7.20. The van der Waals surface area contributed by atoms with E-state index in [0.717, 1.165) is 0 Å². The van der Waals surface area contributed by atoms with E-state index in [1.165, 1.54) is 11.3 Å². The van der Waals surface area contributed by atoms with Gasteiger partial charge in [-0.3, -0.25) is 5.41 Å². The molecule has 7 heteroatoms. The molecule has 0 aromatic carbocycles. The van der Waals surface area contributed by atoms with Gasteiger partial charge in [0.15, 0.2) is 11.0 Å². The SMILES string of the molecule is N=C(N)NCC(=O)Oc1cccs1.[SrH2]. The summed E-state index contributed by atoms with van der Waals surface area (Å²) in [4.78, 5) is 11.0. The average Bonchev–Trinajstić information content (AvgIpc) is 2.53. The van der Waals surface area contributed by atoms with Crippen molar-refractivity contribution in [1.82, 2.24) is 5.32 Å². The van der Waals surface area contributed by atoms with Crippen LogP contribution in [0, 0.1) is 5.41 Å². The normalized spacial score (nSPS) is 8.57. The molecule has 0 amide bonds. The summed E-state index contributed by atoms with van der Waals surface area (Å²) in [5, 5.41) is 11.5. The molecule has 0 bridgehead atoms. The number of thiophene rings is 1. The van der Waals surface area contributed by atoms with Crippen molar-refractivity contribution in [2.24, 2.45) is 5.73 Å². The fourth-order valence-corrected chi connectivity index (χ4v) is 1.23. The van der Waals surface area contributed by atoms with E-state index in [1.54, 1.807) is 17.5 Å². The van der Waals surface area contributed by atoms with Gasteiger partial charge in [0.2, 0.25) is 0 Å². The van der Waals surface area contributed by atoms with Gasteiger partial charge in [-0.05, 0) is 17.5 Å². The molecule has 14 heavy (non-hydrogen) atoms. The molecule has 1 aromatic heterocycles. The number of hydrogen-bond donors (Lipinski definition) is 3. The fourth-order valence-electron chi connectivity index (χ4n) is 0.637. The van der Waals surface area contributed by atoms with Crippen LogP contribution in [0.15, 0.2) is 17.5 Å². The van der Waals surface area contributed by atoms with E-state index in [9.17, 15) is 4.79 Å². The second-order valence-electron chi connectivity index (χ2n) is 2.17. The molecule has 1 heterocycles. The van der Waals surface area contributed by atoms with E-state index in [0.29, 0.717) is 5.06 Å². The summed E-state index contributed by atoms with van der Waals surface area (Å²) in [7, 11) is 0.